The van der Waals surface area contributed by atoms with Crippen molar-refractivity contribution < 1.29 is 4.92 Å². The van der Waals surface area contributed by atoms with Crippen molar-refractivity contribution >= 4 is 18.1 Å². The molecule has 0 heterocycles. The summed E-state index contributed by atoms with van der Waals surface area (Å²) in [6, 6.07) is 6.74. The quantitative estimate of drug-likeness (QED) is 0.644. The van der Waals surface area contributed by atoms with Gasteiger partial charge in [0, 0.05) is 25.2 Å². The van der Waals surface area contributed by atoms with Crippen LogP contribution in [0.2, 0.25) is 0 Å². The summed E-state index contributed by atoms with van der Waals surface area (Å²) in [6.45, 7) is 6.37. The van der Waals surface area contributed by atoms with Crippen LogP contribution < -0.4 is 5.73 Å². The zero-order valence-corrected chi connectivity index (χ0v) is 12.4. The van der Waals surface area contributed by atoms with Crippen LogP contribution in [0.3, 0.4) is 0 Å². The second-order valence-electron chi connectivity index (χ2n) is 5.47. The highest BCUT2D eigenvalue weighted by atomic mass is 35.5. The Kier molecular flexibility index (Phi) is 6.97. The second-order valence-corrected chi connectivity index (χ2v) is 5.47. The number of non-ortho nitro benzene ring substituents is 1. The van der Waals surface area contributed by atoms with E-state index in [4.69, 9.17) is 5.73 Å². The third kappa shape index (κ3) is 6.00. The van der Waals surface area contributed by atoms with Gasteiger partial charge in [-0.25, -0.2) is 0 Å². The number of halogens is 1. The largest absolute Gasteiger partial charge is 0.330 e. The molecule has 0 bridgehead atoms. The van der Waals surface area contributed by atoms with Gasteiger partial charge in [-0.15, -0.1) is 12.4 Å². The van der Waals surface area contributed by atoms with E-state index in [2.05, 4.69) is 18.7 Å². The summed E-state index contributed by atoms with van der Waals surface area (Å²) in [5.41, 5.74) is 6.83. The van der Waals surface area contributed by atoms with Crippen molar-refractivity contribution in [2.75, 3.05) is 20.1 Å². The topological polar surface area (TPSA) is 72.4 Å². The fourth-order valence-electron chi connectivity index (χ4n) is 1.93. The fraction of sp³-hybridized carbons (Fsp3) is 0.538. The number of rotatable bonds is 6. The lowest BCUT2D eigenvalue weighted by atomic mass is 9.93. The van der Waals surface area contributed by atoms with E-state index in [1.54, 1.807) is 12.1 Å². The Bertz CT molecular complexity index is 424. The third-order valence-electron chi connectivity index (χ3n) is 2.82. The van der Waals surface area contributed by atoms with Gasteiger partial charge in [0.25, 0.3) is 5.69 Å². The van der Waals surface area contributed by atoms with E-state index in [0.29, 0.717) is 13.1 Å². The summed E-state index contributed by atoms with van der Waals surface area (Å²) in [7, 11) is 2.00. The molecule has 0 atom stereocenters. The van der Waals surface area contributed by atoms with Crippen molar-refractivity contribution in [3.05, 3.63) is 39.9 Å². The highest BCUT2D eigenvalue weighted by Gasteiger charge is 2.18. The maximum absolute atomic E-state index is 10.7. The van der Waals surface area contributed by atoms with E-state index < -0.39 is 0 Å². The van der Waals surface area contributed by atoms with Crippen LogP contribution in [-0.4, -0.2) is 30.0 Å². The first-order valence-electron chi connectivity index (χ1n) is 5.96. The Morgan fingerprint density at radius 2 is 2.05 bits per heavy atom. The zero-order valence-electron chi connectivity index (χ0n) is 11.6. The SMILES string of the molecule is CN(Cc1cccc([N+](=O)[O-])c1)CC(C)(C)CN.Cl. The molecule has 1 rings (SSSR count). The number of nitro groups is 1. The van der Waals surface area contributed by atoms with E-state index >= 15 is 0 Å². The Balaban J connectivity index is 0.00000324. The van der Waals surface area contributed by atoms with Gasteiger partial charge in [0.2, 0.25) is 0 Å². The minimum Gasteiger partial charge on any atom is -0.330 e. The monoisotopic (exact) mass is 287 g/mol. The molecule has 0 spiro atoms. The van der Waals surface area contributed by atoms with Gasteiger partial charge in [0.15, 0.2) is 0 Å². The van der Waals surface area contributed by atoms with Crippen molar-refractivity contribution in [2.45, 2.75) is 20.4 Å². The minimum atomic E-state index is -0.368. The second kappa shape index (κ2) is 7.43. The van der Waals surface area contributed by atoms with Gasteiger partial charge in [-0.2, -0.15) is 0 Å². The van der Waals surface area contributed by atoms with Crippen LogP contribution in [-0.2, 0) is 6.54 Å². The predicted molar refractivity (Wildman–Crippen MR) is 79.5 cm³/mol. The number of hydrogen-bond donors (Lipinski definition) is 1. The van der Waals surface area contributed by atoms with Gasteiger partial charge >= 0.3 is 0 Å². The van der Waals surface area contributed by atoms with E-state index in [1.165, 1.54) is 6.07 Å². The van der Waals surface area contributed by atoms with Crippen LogP contribution >= 0.6 is 12.4 Å². The molecule has 1 aromatic rings. The summed E-state index contributed by atoms with van der Waals surface area (Å²) in [4.78, 5) is 12.5. The van der Waals surface area contributed by atoms with Gasteiger partial charge in [-0.05, 0) is 24.6 Å². The molecule has 5 nitrogen and oxygen atoms in total. The molecule has 0 amide bonds. The highest BCUT2D eigenvalue weighted by Crippen LogP contribution is 2.18. The summed E-state index contributed by atoms with van der Waals surface area (Å²) in [6.07, 6.45) is 0. The number of hydrogen-bond acceptors (Lipinski definition) is 4. The van der Waals surface area contributed by atoms with Gasteiger partial charge in [0.05, 0.1) is 4.92 Å². The lowest BCUT2D eigenvalue weighted by molar-refractivity contribution is -0.384. The maximum Gasteiger partial charge on any atom is 0.269 e. The third-order valence-corrected chi connectivity index (χ3v) is 2.82. The maximum atomic E-state index is 10.7. The fourth-order valence-corrected chi connectivity index (χ4v) is 1.93. The summed E-state index contributed by atoms with van der Waals surface area (Å²) < 4.78 is 0. The molecule has 6 heteroatoms. The van der Waals surface area contributed by atoms with Crippen LogP contribution in [0.4, 0.5) is 5.69 Å². The van der Waals surface area contributed by atoms with Crippen molar-refractivity contribution in [2.24, 2.45) is 11.1 Å². The molecular weight excluding hydrogens is 266 g/mol. The number of nitrogens with two attached hydrogens (primary N) is 1. The number of benzene rings is 1. The highest BCUT2D eigenvalue weighted by molar-refractivity contribution is 5.85. The number of nitro benzene ring substituents is 1. The first-order valence-corrected chi connectivity index (χ1v) is 5.96. The molecule has 0 saturated heterocycles. The van der Waals surface area contributed by atoms with Gasteiger partial charge in [-0.3, -0.25) is 10.1 Å². The summed E-state index contributed by atoms with van der Waals surface area (Å²) in [5, 5.41) is 10.7. The van der Waals surface area contributed by atoms with Gasteiger partial charge in [0.1, 0.15) is 0 Å². The minimum absolute atomic E-state index is 0. The normalized spacial score (nSPS) is 11.2. The van der Waals surface area contributed by atoms with Gasteiger partial charge < -0.3 is 10.6 Å². The van der Waals surface area contributed by atoms with Crippen LogP contribution in [0.5, 0.6) is 0 Å². The molecule has 0 saturated carbocycles. The first-order chi connectivity index (χ1) is 8.34. The summed E-state index contributed by atoms with van der Waals surface area (Å²) >= 11 is 0. The van der Waals surface area contributed by atoms with E-state index in [1.807, 2.05) is 13.1 Å². The molecule has 0 aliphatic carbocycles. The smallest absolute Gasteiger partial charge is 0.269 e. The van der Waals surface area contributed by atoms with E-state index in [0.717, 1.165) is 12.1 Å². The Hall–Kier alpha value is -1.17. The predicted octanol–water partition coefficient (Wildman–Crippen LogP) is 2.43. The molecule has 0 aliphatic heterocycles. The Labute approximate surface area is 120 Å². The average Bonchev–Trinajstić information content (AvgIpc) is 2.28. The van der Waals surface area contributed by atoms with Crippen LogP contribution in [0.25, 0.3) is 0 Å². The molecule has 0 radical (unpaired) electrons. The first kappa shape index (κ1) is 17.8. The molecule has 0 fully saturated rings. The molecular formula is C13H22ClN3O2. The lowest BCUT2D eigenvalue weighted by Crippen LogP contribution is -2.36. The Morgan fingerprint density at radius 3 is 2.58 bits per heavy atom. The van der Waals surface area contributed by atoms with Crippen molar-refractivity contribution in [3.8, 4) is 0 Å². The molecule has 108 valence electrons. The molecule has 0 aliphatic rings. The number of nitrogens with zero attached hydrogens (tertiary/aromatic N) is 2. The molecule has 0 unspecified atom stereocenters. The molecule has 0 aromatic heterocycles. The van der Waals surface area contributed by atoms with E-state index in [9.17, 15) is 10.1 Å². The molecule has 2 N–H and O–H groups in total. The average molecular weight is 288 g/mol. The van der Waals surface area contributed by atoms with Crippen molar-refractivity contribution in [1.29, 1.82) is 0 Å². The molecule has 19 heavy (non-hydrogen) atoms. The van der Waals surface area contributed by atoms with Gasteiger partial charge in [-0.1, -0.05) is 26.0 Å². The van der Waals surface area contributed by atoms with Crippen molar-refractivity contribution in [3.63, 3.8) is 0 Å². The van der Waals surface area contributed by atoms with Crippen LogP contribution in [0.1, 0.15) is 19.4 Å². The summed E-state index contributed by atoms with van der Waals surface area (Å²) in [5.74, 6) is 0. The molecule has 1 aromatic carbocycles. The van der Waals surface area contributed by atoms with E-state index in [-0.39, 0.29) is 28.4 Å². The lowest BCUT2D eigenvalue weighted by Gasteiger charge is -2.28. The zero-order chi connectivity index (χ0) is 13.8. The Morgan fingerprint density at radius 1 is 1.42 bits per heavy atom. The van der Waals surface area contributed by atoms with Crippen LogP contribution in [0.15, 0.2) is 24.3 Å². The van der Waals surface area contributed by atoms with Crippen LogP contribution in [0, 0.1) is 15.5 Å². The van der Waals surface area contributed by atoms with Crippen molar-refractivity contribution in [1.82, 2.24) is 4.90 Å². The standard InChI is InChI=1S/C13H21N3O2.ClH/c1-13(2,9-14)10-15(3)8-11-5-4-6-12(7-11)16(17)18;/h4-7H,8-10,14H2,1-3H3;1H.